The molecule has 0 aliphatic heterocycles. The third kappa shape index (κ3) is 3.40. The zero-order valence-corrected chi connectivity index (χ0v) is 9.32. The van der Waals surface area contributed by atoms with E-state index in [-0.39, 0.29) is 0 Å². The Morgan fingerprint density at radius 3 is 2.07 bits per heavy atom. The average Bonchev–Trinajstić information content (AvgIpc) is 2.65. The maximum atomic E-state index is 5.48. The maximum Gasteiger partial charge on any atom is 0.200 e. The fourth-order valence-corrected chi connectivity index (χ4v) is 1.02. The summed E-state index contributed by atoms with van der Waals surface area (Å²) >= 11 is 10.9. The van der Waals surface area contributed by atoms with Gasteiger partial charge in [-0.1, -0.05) is 11.6 Å². The minimum absolute atomic E-state index is 0.456. The Kier molecular flexibility index (Phi) is 3.98. The maximum absolute atomic E-state index is 5.48. The minimum atomic E-state index is 0.456. The molecule has 0 amide bonds. The fraction of sp³-hybridized carbons (Fsp3) is 0.250. The molecule has 0 aromatic carbocycles. The van der Waals surface area contributed by atoms with Gasteiger partial charge in [0.15, 0.2) is 5.28 Å². The lowest BCUT2D eigenvalue weighted by atomic mass is 10.6. The number of hydrogen-bond donors (Lipinski definition) is 2. The highest BCUT2D eigenvalue weighted by atomic mass is 35.5. The molecular formula is C8H10Cl2N4. The first-order valence-corrected chi connectivity index (χ1v) is 4.67. The Labute approximate surface area is 91.7 Å². The van der Waals surface area contributed by atoms with Gasteiger partial charge in [0.2, 0.25) is 0 Å². The van der Waals surface area contributed by atoms with E-state index in [2.05, 4.69) is 19.9 Å². The Bertz CT molecular complexity index is 360. The summed E-state index contributed by atoms with van der Waals surface area (Å²) in [5, 5.41) is 1.01. The molecule has 0 aliphatic carbocycles. The SMILES string of the molecule is Cc1[nH]cnc1Cl.Cc1cnc(Cl)[nH]1. The van der Waals surface area contributed by atoms with Crippen LogP contribution in [0.25, 0.3) is 0 Å². The number of imidazole rings is 2. The van der Waals surface area contributed by atoms with E-state index in [1.807, 2.05) is 13.8 Å². The summed E-state index contributed by atoms with van der Waals surface area (Å²) in [7, 11) is 0. The van der Waals surface area contributed by atoms with Crippen LogP contribution < -0.4 is 0 Å². The van der Waals surface area contributed by atoms with Gasteiger partial charge in [-0.3, -0.25) is 0 Å². The Balaban J connectivity index is 0.000000140. The van der Waals surface area contributed by atoms with Crippen LogP contribution in [0.15, 0.2) is 12.5 Å². The van der Waals surface area contributed by atoms with E-state index in [4.69, 9.17) is 23.2 Å². The van der Waals surface area contributed by atoms with Crippen LogP contribution in [0.4, 0.5) is 0 Å². The van der Waals surface area contributed by atoms with Crippen LogP contribution in [0.5, 0.6) is 0 Å². The Hall–Kier alpha value is -1.000. The highest BCUT2D eigenvalue weighted by Crippen LogP contribution is 2.05. The number of aromatic nitrogens is 4. The topological polar surface area (TPSA) is 57.4 Å². The number of rotatable bonds is 0. The van der Waals surface area contributed by atoms with Gasteiger partial charge in [-0.25, -0.2) is 9.97 Å². The van der Waals surface area contributed by atoms with E-state index in [1.165, 1.54) is 0 Å². The van der Waals surface area contributed by atoms with Crippen LogP contribution in [-0.2, 0) is 0 Å². The predicted molar refractivity (Wildman–Crippen MR) is 56.7 cm³/mol. The molecule has 76 valence electrons. The van der Waals surface area contributed by atoms with Crippen molar-refractivity contribution in [3.63, 3.8) is 0 Å². The van der Waals surface area contributed by atoms with Crippen LogP contribution >= 0.6 is 23.2 Å². The molecule has 0 aliphatic rings. The quantitative estimate of drug-likeness (QED) is 0.734. The van der Waals surface area contributed by atoms with Crippen LogP contribution in [-0.4, -0.2) is 19.9 Å². The average molecular weight is 233 g/mol. The summed E-state index contributed by atoms with van der Waals surface area (Å²) in [5.74, 6) is 0. The van der Waals surface area contributed by atoms with Crippen molar-refractivity contribution in [2.45, 2.75) is 13.8 Å². The molecule has 0 bridgehead atoms. The van der Waals surface area contributed by atoms with Gasteiger partial charge in [0, 0.05) is 11.9 Å². The highest BCUT2D eigenvalue weighted by Gasteiger charge is 1.90. The fourth-order valence-electron chi connectivity index (χ4n) is 0.723. The molecule has 6 heteroatoms. The van der Waals surface area contributed by atoms with Gasteiger partial charge in [0.1, 0.15) is 5.15 Å². The van der Waals surface area contributed by atoms with Crippen LogP contribution in [0.3, 0.4) is 0 Å². The second-order valence-electron chi connectivity index (χ2n) is 2.68. The van der Waals surface area contributed by atoms with Crippen LogP contribution in [0.1, 0.15) is 11.4 Å². The van der Waals surface area contributed by atoms with Crippen molar-refractivity contribution >= 4 is 23.2 Å². The molecule has 0 saturated heterocycles. The lowest BCUT2D eigenvalue weighted by Crippen LogP contribution is -1.65. The van der Waals surface area contributed by atoms with E-state index in [9.17, 15) is 0 Å². The second-order valence-corrected chi connectivity index (χ2v) is 3.39. The number of H-pyrrole nitrogens is 2. The molecule has 2 aromatic heterocycles. The van der Waals surface area contributed by atoms with Gasteiger partial charge < -0.3 is 9.97 Å². The summed E-state index contributed by atoms with van der Waals surface area (Å²) in [5.41, 5.74) is 1.91. The summed E-state index contributed by atoms with van der Waals surface area (Å²) in [4.78, 5) is 13.1. The van der Waals surface area contributed by atoms with Crippen LogP contribution in [0.2, 0.25) is 10.4 Å². The van der Waals surface area contributed by atoms with Gasteiger partial charge in [-0.05, 0) is 25.4 Å². The molecule has 2 N–H and O–H groups in total. The lowest BCUT2D eigenvalue weighted by Gasteiger charge is -1.76. The number of hydrogen-bond acceptors (Lipinski definition) is 2. The predicted octanol–water partition coefficient (Wildman–Crippen LogP) is 2.74. The molecular weight excluding hydrogens is 223 g/mol. The smallest absolute Gasteiger partial charge is 0.200 e. The third-order valence-electron chi connectivity index (χ3n) is 1.44. The number of aromatic amines is 2. The molecule has 0 atom stereocenters. The zero-order valence-electron chi connectivity index (χ0n) is 7.81. The van der Waals surface area contributed by atoms with Crippen LogP contribution in [0, 0.1) is 13.8 Å². The summed E-state index contributed by atoms with van der Waals surface area (Å²) in [6.45, 7) is 3.77. The first-order valence-electron chi connectivity index (χ1n) is 3.92. The Morgan fingerprint density at radius 1 is 1.21 bits per heavy atom. The molecule has 2 rings (SSSR count). The number of nitrogens with zero attached hydrogens (tertiary/aromatic N) is 2. The largest absolute Gasteiger partial charge is 0.347 e. The number of aryl methyl sites for hydroxylation is 2. The first-order chi connectivity index (χ1) is 6.59. The van der Waals surface area contributed by atoms with Crippen molar-refractivity contribution in [3.05, 3.63) is 34.3 Å². The molecule has 0 radical (unpaired) electrons. The normalized spacial score (nSPS) is 9.43. The summed E-state index contributed by atoms with van der Waals surface area (Å²) in [6, 6.07) is 0. The molecule has 0 unspecified atom stereocenters. The van der Waals surface area contributed by atoms with Crippen molar-refractivity contribution in [1.82, 2.24) is 19.9 Å². The van der Waals surface area contributed by atoms with Gasteiger partial charge in [-0.15, -0.1) is 0 Å². The standard InChI is InChI=1S/2C4H5ClN2/c1-3-4(5)7-2-6-3;1-3-2-6-4(5)7-3/h2*2H,1H3,(H,6,7). The molecule has 2 aromatic rings. The van der Waals surface area contributed by atoms with Gasteiger partial charge in [0.25, 0.3) is 0 Å². The second kappa shape index (κ2) is 5.02. The summed E-state index contributed by atoms with van der Waals surface area (Å²) < 4.78 is 0. The molecule has 2 heterocycles. The zero-order chi connectivity index (χ0) is 10.6. The summed E-state index contributed by atoms with van der Waals surface area (Å²) in [6.07, 6.45) is 3.25. The number of halogens is 2. The first kappa shape index (κ1) is 11.1. The van der Waals surface area contributed by atoms with Crippen molar-refractivity contribution < 1.29 is 0 Å². The highest BCUT2D eigenvalue weighted by molar-refractivity contribution is 6.30. The monoisotopic (exact) mass is 232 g/mol. The van der Waals surface area contributed by atoms with E-state index in [0.29, 0.717) is 10.4 Å². The van der Waals surface area contributed by atoms with E-state index in [1.54, 1.807) is 12.5 Å². The van der Waals surface area contributed by atoms with E-state index >= 15 is 0 Å². The van der Waals surface area contributed by atoms with E-state index in [0.717, 1.165) is 11.4 Å². The van der Waals surface area contributed by atoms with Gasteiger partial charge in [-0.2, -0.15) is 0 Å². The molecule has 14 heavy (non-hydrogen) atoms. The van der Waals surface area contributed by atoms with E-state index < -0.39 is 0 Å². The van der Waals surface area contributed by atoms with Gasteiger partial charge in [0.05, 0.1) is 12.0 Å². The minimum Gasteiger partial charge on any atom is -0.347 e. The molecule has 0 fully saturated rings. The van der Waals surface area contributed by atoms with Crippen molar-refractivity contribution in [2.75, 3.05) is 0 Å². The van der Waals surface area contributed by atoms with Crippen molar-refractivity contribution in [2.24, 2.45) is 0 Å². The number of nitrogens with one attached hydrogen (secondary N) is 2. The molecule has 4 nitrogen and oxygen atoms in total. The van der Waals surface area contributed by atoms with Crippen molar-refractivity contribution in [3.8, 4) is 0 Å². The van der Waals surface area contributed by atoms with Crippen molar-refractivity contribution in [1.29, 1.82) is 0 Å². The molecule has 0 saturated carbocycles. The third-order valence-corrected chi connectivity index (χ3v) is 2.01. The lowest BCUT2D eigenvalue weighted by molar-refractivity contribution is 1.25. The Morgan fingerprint density at radius 2 is 1.93 bits per heavy atom. The van der Waals surface area contributed by atoms with Gasteiger partial charge >= 0.3 is 0 Å². The molecule has 0 spiro atoms.